The van der Waals surface area contributed by atoms with E-state index < -0.39 is 0 Å². The fourth-order valence-electron chi connectivity index (χ4n) is 3.87. The number of rotatable bonds is 3. The van der Waals surface area contributed by atoms with E-state index in [-0.39, 0.29) is 17.2 Å². The highest BCUT2D eigenvalue weighted by Crippen LogP contribution is 2.36. The first-order valence-electron chi connectivity index (χ1n) is 9.81. The fourth-order valence-corrected chi connectivity index (χ4v) is 3.87. The summed E-state index contributed by atoms with van der Waals surface area (Å²) in [6.07, 6.45) is 0. The molecule has 144 valence electrons. The molecule has 0 fully saturated rings. The second-order valence-electron chi connectivity index (χ2n) is 7.19. The van der Waals surface area contributed by atoms with Gasteiger partial charge in [0.15, 0.2) is 0 Å². The van der Waals surface area contributed by atoms with Gasteiger partial charge in [-0.25, -0.2) is 0 Å². The highest BCUT2D eigenvalue weighted by Gasteiger charge is 2.24. The van der Waals surface area contributed by atoms with Crippen molar-refractivity contribution in [2.45, 2.75) is 0 Å². The number of hydrogen-bond donors (Lipinski definition) is 1. The van der Waals surface area contributed by atoms with Crippen LogP contribution in [0.3, 0.4) is 0 Å². The Morgan fingerprint density at radius 3 is 2.00 bits per heavy atom. The Labute approximate surface area is 174 Å². The Morgan fingerprint density at radius 1 is 0.633 bits per heavy atom. The number of aromatic hydroxyl groups is 1. The van der Waals surface area contributed by atoms with Gasteiger partial charge in [0, 0.05) is 11.1 Å². The molecule has 3 heteroatoms. The highest BCUT2D eigenvalue weighted by molar-refractivity contribution is 6.17. The summed E-state index contributed by atoms with van der Waals surface area (Å²) >= 11 is 0. The molecule has 5 rings (SSSR count). The van der Waals surface area contributed by atoms with Crippen LogP contribution in [-0.2, 0) is 0 Å². The van der Waals surface area contributed by atoms with Gasteiger partial charge in [-0.3, -0.25) is 9.69 Å². The van der Waals surface area contributed by atoms with E-state index in [2.05, 4.69) is 0 Å². The van der Waals surface area contributed by atoms with Crippen molar-refractivity contribution >= 4 is 38.8 Å². The molecule has 0 aromatic heterocycles. The van der Waals surface area contributed by atoms with Gasteiger partial charge in [0.05, 0.1) is 11.3 Å². The fraction of sp³-hybridized carbons (Fsp3) is 0. The van der Waals surface area contributed by atoms with Crippen LogP contribution in [0.15, 0.2) is 109 Å². The summed E-state index contributed by atoms with van der Waals surface area (Å²) in [4.78, 5) is 15.5. The molecule has 0 aliphatic carbocycles. The molecule has 0 aliphatic rings. The zero-order chi connectivity index (χ0) is 20.5. The number of nitrogens with zero attached hydrogens (tertiary/aromatic N) is 1. The Balaban J connectivity index is 1.74. The number of anilines is 2. The molecule has 0 radical (unpaired) electrons. The molecule has 30 heavy (non-hydrogen) atoms. The number of benzene rings is 5. The van der Waals surface area contributed by atoms with Gasteiger partial charge < -0.3 is 5.11 Å². The number of phenolic OH excluding ortho intramolecular Hbond substituents is 1. The van der Waals surface area contributed by atoms with Crippen LogP contribution >= 0.6 is 0 Å². The Hall–Kier alpha value is -4.11. The third kappa shape index (κ3) is 3.07. The van der Waals surface area contributed by atoms with Crippen LogP contribution in [0.5, 0.6) is 5.75 Å². The molecule has 1 amide bonds. The normalized spacial score (nSPS) is 10.9. The minimum atomic E-state index is -0.277. The van der Waals surface area contributed by atoms with Crippen molar-refractivity contribution in [1.82, 2.24) is 0 Å². The van der Waals surface area contributed by atoms with Crippen LogP contribution < -0.4 is 4.90 Å². The standard InChI is InChI=1S/C27H19NO2/c29-26-18-21-11-5-4-10-20(21)17-24(26)27(30)28(22-13-2-1-3-14-22)25-16-8-12-19-9-6-7-15-23(19)25/h1-18,29H. The Kier molecular flexibility index (Phi) is 4.41. The molecule has 0 heterocycles. The third-order valence-corrected chi connectivity index (χ3v) is 5.32. The SMILES string of the molecule is O=C(c1cc2ccccc2cc1O)N(c1ccccc1)c1cccc2ccccc12. The lowest BCUT2D eigenvalue weighted by molar-refractivity contribution is 0.0997. The average Bonchev–Trinajstić information content (AvgIpc) is 2.79. The number of phenols is 1. The third-order valence-electron chi connectivity index (χ3n) is 5.32. The molecule has 0 aliphatic heterocycles. The van der Waals surface area contributed by atoms with Crippen LogP contribution in [0.1, 0.15) is 10.4 Å². The van der Waals surface area contributed by atoms with Crippen molar-refractivity contribution < 1.29 is 9.90 Å². The van der Waals surface area contributed by atoms with Crippen molar-refractivity contribution in [3.63, 3.8) is 0 Å². The van der Waals surface area contributed by atoms with Crippen molar-refractivity contribution in [2.75, 3.05) is 4.90 Å². The number of carbonyl (C=O) groups excluding carboxylic acids is 1. The molecule has 0 bridgehead atoms. The molecular formula is C27H19NO2. The van der Waals surface area contributed by atoms with Crippen LogP contribution in [0.25, 0.3) is 21.5 Å². The monoisotopic (exact) mass is 389 g/mol. The predicted molar refractivity (Wildman–Crippen MR) is 122 cm³/mol. The van der Waals surface area contributed by atoms with Gasteiger partial charge in [-0.1, -0.05) is 78.9 Å². The predicted octanol–water partition coefficient (Wildman–Crippen LogP) is 6.68. The molecule has 1 N–H and O–H groups in total. The summed E-state index contributed by atoms with van der Waals surface area (Å²) < 4.78 is 0. The minimum Gasteiger partial charge on any atom is -0.507 e. The maximum atomic E-state index is 13.8. The second kappa shape index (κ2) is 7.37. The van der Waals surface area contributed by atoms with Gasteiger partial charge in [-0.05, 0) is 46.5 Å². The second-order valence-corrected chi connectivity index (χ2v) is 7.19. The van der Waals surface area contributed by atoms with E-state index in [1.165, 1.54) is 0 Å². The van der Waals surface area contributed by atoms with E-state index in [4.69, 9.17) is 0 Å². The van der Waals surface area contributed by atoms with E-state index >= 15 is 0 Å². The van der Waals surface area contributed by atoms with Crippen molar-refractivity contribution in [1.29, 1.82) is 0 Å². The Bertz CT molecular complexity index is 1370. The topological polar surface area (TPSA) is 40.5 Å². The first kappa shape index (κ1) is 18.0. The first-order valence-corrected chi connectivity index (χ1v) is 9.81. The van der Waals surface area contributed by atoms with Crippen LogP contribution in [0.2, 0.25) is 0 Å². The number of carbonyl (C=O) groups is 1. The van der Waals surface area contributed by atoms with Crippen LogP contribution in [0, 0.1) is 0 Å². The molecule has 0 atom stereocenters. The molecule has 3 nitrogen and oxygen atoms in total. The lowest BCUT2D eigenvalue weighted by Crippen LogP contribution is -2.26. The molecule has 0 saturated carbocycles. The smallest absolute Gasteiger partial charge is 0.266 e. The zero-order valence-electron chi connectivity index (χ0n) is 16.2. The largest absolute Gasteiger partial charge is 0.507 e. The summed E-state index contributed by atoms with van der Waals surface area (Å²) in [5.41, 5.74) is 1.79. The van der Waals surface area contributed by atoms with Crippen molar-refractivity contribution in [3.05, 3.63) is 115 Å². The maximum Gasteiger partial charge on any atom is 0.266 e. The highest BCUT2D eigenvalue weighted by atomic mass is 16.3. The van der Waals surface area contributed by atoms with Gasteiger partial charge in [0.1, 0.15) is 5.75 Å². The summed E-state index contributed by atoms with van der Waals surface area (Å²) in [7, 11) is 0. The summed E-state index contributed by atoms with van der Waals surface area (Å²) in [5.74, 6) is -0.305. The lowest BCUT2D eigenvalue weighted by Gasteiger charge is -2.25. The quantitative estimate of drug-likeness (QED) is 0.374. The summed E-state index contributed by atoms with van der Waals surface area (Å²) in [6, 6.07) is 34.5. The van der Waals surface area contributed by atoms with Gasteiger partial charge in [0.25, 0.3) is 5.91 Å². The van der Waals surface area contributed by atoms with Gasteiger partial charge >= 0.3 is 0 Å². The molecule has 0 spiro atoms. The van der Waals surface area contributed by atoms with Crippen molar-refractivity contribution in [2.24, 2.45) is 0 Å². The van der Waals surface area contributed by atoms with E-state index in [0.29, 0.717) is 0 Å². The van der Waals surface area contributed by atoms with E-state index in [9.17, 15) is 9.90 Å². The van der Waals surface area contributed by atoms with E-state index in [1.54, 1.807) is 17.0 Å². The number of hydrogen-bond acceptors (Lipinski definition) is 2. The lowest BCUT2D eigenvalue weighted by atomic mass is 10.0. The number of amides is 1. The van der Waals surface area contributed by atoms with Gasteiger partial charge in [-0.2, -0.15) is 0 Å². The van der Waals surface area contributed by atoms with E-state index in [0.717, 1.165) is 32.9 Å². The van der Waals surface area contributed by atoms with E-state index in [1.807, 2.05) is 97.1 Å². The Morgan fingerprint density at radius 2 is 1.23 bits per heavy atom. The van der Waals surface area contributed by atoms with Gasteiger partial charge in [-0.15, -0.1) is 0 Å². The summed E-state index contributed by atoms with van der Waals surface area (Å²) in [6.45, 7) is 0. The van der Waals surface area contributed by atoms with Gasteiger partial charge in [0.2, 0.25) is 0 Å². The molecule has 5 aromatic carbocycles. The molecule has 5 aromatic rings. The van der Waals surface area contributed by atoms with Crippen LogP contribution in [0.4, 0.5) is 11.4 Å². The van der Waals surface area contributed by atoms with Crippen LogP contribution in [-0.4, -0.2) is 11.0 Å². The number of fused-ring (bicyclic) bond motifs is 2. The molecular weight excluding hydrogens is 370 g/mol. The number of para-hydroxylation sites is 1. The van der Waals surface area contributed by atoms with Crippen molar-refractivity contribution in [3.8, 4) is 5.75 Å². The zero-order valence-corrected chi connectivity index (χ0v) is 16.2. The first-order chi connectivity index (χ1) is 14.7. The average molecular weight is 389 g/mol. The maximum absolute atomic E-state index is 13.8. The molecule has 0 saturated heterocycles. The minimum absolute atomic E-state index is 0.0279. The molecule has 0 unspecified atom stereocenters. The summed E-state index contributed by atoms with van der Waals surface area (Å²) in [5, 5.41) is 14.5.